The Labute approximate surface area is 294 Å². The Hall–Kier alpha value is -4.44. The first kappa shape index (κ1) is 37.4. The molecule has 1 aliphatic heterocycles. The van der Waals surface area contributed by atoms with Crippen molar-refractivity contribution in [3.63, 3.8) is 0 Å². The standard InChI is InChI=1S/C29H30N4O2S.C9H17NO2.CH4/c1-5-14-33(28(34)35-29(2,3)4)17-27-32-24-13-11-22(16-26(24)36-27)20-8-6-19(7-9-20)21-10-12-23-25(15-21)31-18-30-23;1-9(2,3)12-8(11)10-6-4-5-7-10;/h6-13,15-16,18H,5,14,17H2,1-4H3,(H,30,31);4-7H2,1-3H3;1H4. The number of nitrogens with zero attached hydrogens (tertiary/aromatic N) is 4. The third-order valence-corrected chi connectivity index (χ3v) is 8.64. The molecule has 9 nitrogen and oxygen atoms in total. The minimum absolute atomic E-state index is 0. The number of hydrogen-bond acceptors (Lipinski definition) is 7. The van der Waals surface area contributed by atoms with Gasteiger partial charge in [0.25, 0.3) is 0 Å². The second kappa shape index (κ2) is 15.8. The van der Waals surface area contributed by atoms with E-state index in [1.807, 2.05) is 47.6 Å². The summed E-state index contributed by atoms with van der Waals surface area (Å²) in [5.74, 6) is 0. The van der Waals surface area contributed by atoms with Crippen LogP contribution >= 0.6 is 11.3 Å². The molecule has 1 aliphatic rings. The number of carbonyl (C=O) groups is 2. The Morgan fingerprint density at radius 1 is 0.837 bits per heavy atom. The molecule has 3 aromatic carbocycles. The van der Waals surface area contributed by atoms with Crippen LogP contribution in [0.25, 0.3) is 43.5 Å². The van der Waals surface area contributed by atoms with Crippen molar-refractivity contribution in [2.24, 2.45) is 0 Å². The summed E-state index contributed by atoms with van der Waals surface area (Å²) >= 11 is 1.63. The van der Waals surface area contributed by atoms with E-state index in [0.717, 1.165) is 80.9 Å². The number of likely N-dealkylation sites (tertiary alicyclic amines) is 1. The number of imidazole rings is 1. The first-order valence-electron chi connectivity index (χ1n) is 16.7. The van der Waals surface area contributed by atoms with Crippen LogP contribution in [0.3, 0.4) is 0 Å². The van der Waals surface area contributed by atoms with E-state index in [0.29, 0.717) is 13.1 Å². The summed E-state index contributed by atoms with van der Waals surface area (Å²) in [5, 5.41) is 0.908. The van der Waals surface area contributed by atoms with Crippen molar-refractivity contribution in [2.45, 2.75) is 92.9 Å². The van der Waals surface area contributed by atoms with Gasteiger partial charge in [-0.2, -0.15) is 0 Å². The van der Waals surface area contributed by atoms with Crippen molar-refractivity contribution in [1.29, 1.82) is 0 Å². The molecule has 262 valence electrons. The number of nitrogens with one attached hydrogen (secondary N) is 1. The van der Waals surface area contributed by atoms with Gasteiger partial charge in [0, 0.05) is 19.6 Å². The molecule has 10 heteroatoms. The van der Waals surface area contributed by atoms with Crippen LogP contribution in [-0.4, -0.2) is 67.8 Å². The highest BCUT2D eigenvalue weighted by Crippen LogP contribution is 2.31. The summed E-state index contributed by atoms with van der Waals surface area (Å²) < 4.78 is 11.9. The number of aromatic amines is 1. The lowest BCUT2D eigenvalue weighted by Crippen LogP contribution is -2.36. The fraction of sp³-hybridized carbons (Fsp3) is 0.436. The minimum atomic E-state index is -0.521. The Morgan fingerprint density at radius 2 is 1.41 bits per heavy atom. The summed E-state index contributed by atoms with van der Waals surface area (Å²) in [6.45, 7) is 16.2. The second-order valence-electron chi connectivity index (χ2n) is 14.1. The number of carbonyl (C=O) groups excluding carboxylic acids is 2. The van der Waals surface area contributed by atoms with Gasteiger partial charge in [-0.1, -0.05) is 50.7 Å². The Bertz CT molecular complexity index is 1840. The van der Waals surface area contributed by atoms with Crippen LogP contribution in [0.1, 0.15) is 80.2 Å². The van der Waals surface area contributed by atoms with Crippen LogP contribution in [0.2, 0.25) is 0 Å². The van der Waals surface area contributed by atoms with E-state index in [1.165, 1.54) is 0 Å². The van der Waals surface area contributed by atoms with Gasteiger partial charge >= 0.3 is 12.2 Å². The summed E-state index contributed by atoms with van der Waals surface area (Å²) in [5.41, 5.74) is 6.68. The molecule has 0 radical (unpaired) electrons. The van der Waals surface area contributed by atoms with Gasteiger partial charge in [0.1, 0.15) is 16.2 Å². The SMILES string of the molecule is C.CC(C)(C)OC(=O)N1CCCC1.CCCN(Cc1nc2ccc(-c3ccc(-c4ccc5nc[nH]c5c4)cc3)cc2s1)C(=O)OC(C)(C)C. The molecule has 3 heterocycles. The lowest BCUT2D eigenvalue weighted by molar-refractivity contribution is 0.0232. The third-order valence-electron chi connectivity index (χ3n) is 7.63. The number of amides is 2. The highest BCUT2D eigenvalue weighted by atomic mass is 32.1. The van der Waals surface area contributed by atoms with E-state index in [4.69, 9.17) is 14.5 Å². The molecule has 2 amide bonds. The molecular weight excluding hydrogens is 635 g/mol. The lowest BCUT2D eigenvalue weighted by atomic mass is 10.00. The molecule has 1 saturated heterocycles. The van der Waals surface area contributed by atoms with Crippen molar-refractivity contribution in [3.05, 3.63) is 72.0 Å². The summed E-state index contributed by atoms with van der Waals surface area (Å²) in [6, 6.07) is 21.2. The van der Waals surface area contributed by atoms with Crippen molar-refractivity contribution in [3.8, 4) is 22.3 Å². The molecule has 0 aliphatic carbocycles. The zero-order valence-electron chi connectivity index (χ0n) is 29.1. The van der Waals surface area contributed by atoms with Crippen LogP contribution in [0.4, 0.5) is 9.59 Å². The number of aromatic nitrogens is 3. The lowest BCUT2D eigenvalue weighted by Gasteiger charge is -2.26. The largest absolute Gasteiger partial charge is 0.444 e. The van der Waals surface area contributed by atoms with Crippen molar-refractivity contribution < 1.29 is 19.1 Å². The predicted molar refractivity (Wildman–Crippen MR) is 201 cm³/mol. The molecule has 1 fully saturated rings. The van der Waals surface area contributed by atoms with Gasteiger partial charge < -0.3 is 24.3 Å². The van der Waals surface area contributed by atoms with Crippen LogP contribution in [0.5, 0.6) is 0 Å². The fourth-order valence-corrected chi connectivity index (χ4v) is 6.43. The van der Waals surface area contributed by atoms with Gasteiger partial charge in [-0.15, -0.1) is 11.3 Å². The maximum absolute atomic E-state index is 12.7. The molecular formula is C39H51N5O4S. The first-order valence-corrected chi connectivity index (χ1v) is 17.5. The van der Waals surface area contributed by atoms with Crippen LogP contribution in [-0.2, 0) is 16.0 Å². The molecule has 0 atom stereocenters. The Morgan fingerprint density at radius 3 is 2.00 bits per heavy atom. The zero-order chi connectivity index (χ0) is 34.5. The summed E-state index contributed by atoms with van der Waals surface area (Å²) in [6.07, 6.45) is 4.34. The molecule has 5 aromatic rings. The van der Waals surface area contributed by atoms with E-state index in [2.05, 4.69) is 71.5 Å². The molecule has 1 N–H and O–H groups in total. The molecule has 49 heavy (non-hydrogen) atoms. The molecule has 0 unspecified atom stereocenters. The average Bonchev–Trinajstić information content (AvgIpc) is 3.80. The van der Waals surface area contributed by atoms with E-state index >= 15 is 0 Å². The monoisotopic (exact) mass is 685 g/mol. The number of hydrogen-bond donors (Lipinski definition) is 1. The predicted octanol–water partition coefficient (Wildman–Crippen LogP) is 10.3. The molecule has 6 rings (SSSR count). The van der Waals surface area contributed by atoms with Crippen LogP contribution in [0.15, 0.2) is 67.0 Å². The Kier molecular flexibility index (Phi) is 12.1. The number of rotatable bonds is 6. The number of benzene rings is 3. The third kappa shape index (κ3) is 10.3. The van der Waals surface area contributed by atoms with Gasteiger partial charge in [-0.3, -0.25) is 0 Å². The van der Waals surface area contributed by atoms with E-state index < -0.39 is 5.60 Å². The minimum Gasteiger partial charge on any atom is -0.444 e. The van der Waals surface area contributed by atoms with Gasteiger partial charge in [-0.05, 0) is 107 Å². The fourth-order valence-electron chi connectivity index (χ4n) is 5.41. The van der Waals surface area contributed by atoms with Crippen LogP contribution < -0.4 is 0 Å². The van der Waals surface area contributed by atoms with E-state index in [9.17, 15) is 9.59 Å². The molecule has 0 saturated carbocycles. The van der Waals surface area contributed by atoms with Gasteiger partial charge in [-0.25, -0.2) is 19.6 Å². The highest BCUT2D eigenvalue weighted by molar-refractivity contribution is 7.18. The van der Waals surface area contributed by atoms with Crippen molar-refractivity contribution in [2.75, 3.05) is 19.6 Å². The van der Waals surface area contributed by atoms with Gasteiger partial charge in [0.2, 0.25) is 0 Å². The summed E-state index contributed by atoms with van der Waals surface area (Å²) in [7, 11) is 0. The topological polar surface area (TPSA) is 101 Å². The smallest absolute Gasteiger partial charge is 0.410 e. The second-order valence-corrected chi connectivity index (χ2v) is 15.2. The first-order chi connectivity index (χ1) is 22.8. The van der Waals surface area contributed by atoms with Gasteiger partial charge in [0.05, 0.1) is 34.1 Å². The molecule has 0 bridgehead atoms. The van der Waals surface area contributed by atoms with Crippen molar-refractivity contribution in [1.82, 2.24) is 24.8 Å². The number of thiazole rings is 1. The summed E-state index contributed by atoms with van der Waals surface area (Å²) in [4.78, 5) is 39.8. The van der Waals surface area contributed by atoms with Crippen molar-refractivity contribution >= 4 is 44.8 Å². The van der Waals surface area contributed by atoms with Gasteiger partial charge in [0.15, 0.2) is 0 Å². The zero-order valence-corrected chi connectivity index (χ0v) is 29.9. The number of fused-ring (bicyclic) bond motifs is 2. The average molecular weight is 686 g/mol. The maximum atomic E-state index is 12.7. The maximum Gasteiger partial charge on any atom is 0.410 e. The number of H-pyrrole nitrogens is 1. The Balaban J connectivity index is 0.000000354. The van der Waals surface area contributed by atoms with E-state index in [-0.39, 0.29) is 25.2 Å². The molecule has 0 spiro atoms. The number of ether oxygens (including phenoxy) is 2. The highest BCUT2D eigenvalue weighted by Gasteiger charge is 2.24. The molecule has 2 aromatic heterocycles. The van der Waals surface area contributed by atoms with Crippen LogP contribution in [0, 0.1) is 0 Å². The quantitative estimate of drug-likeness (QED) is 0.191. The normalized spacial score (nSPS) is 13.1. The van der Waals surface area contributed by atoms with E-state index in [1.54, 1.807) is 27.5 Å².